The number of benzene rings is 1. The van der Waals surface area contributed by atoms with Gasteiger partial charge in [-0.15, -0.1) is 5.73 Å². The van der Waals surface area contributed by atoms with E-state index in [1.54, 1.807) is 6.08 Å². The Labute approximate surface area is 125 Å². The lowest BCUT2D eigenvalue weighted by atomic mass is 9.86. The van der Waals surface area contributed by atoms with Crippen LogP contribution in [-0.2, 0) is 19.1 Å². The number of esters is 2. The Morgan fingerprint density at radius 1 is 1.14 bits per heavy atom. The topological polar surface area (TPSA) is 52.6 Å². The number of ether oxygens (including phenoxy) is 2. The Hall–Kier alpha value is -2.32. The number of methoxy groups -OCH3 is 2. The van der Waals surface area contributed by atoms with E-state index in [1.807, 2.05) is 37.3 Å². The minimum absolute atomic E-state index is 0.163. The summed E-state index contributed by atoms with van der Waals surface area (Å²) >= 11 is 0. The predicted molar refractivity (Wildman–Crippen MR) is 80.4 cm³/mol. The van der Waals surface area contributed by atoms with E-state index in [-0.39, 0.29) is 6.42 Å². The summed E-state index contributed by atoms with van der Waals surface area (Å²) < 4.78 is 9.37. The van der Waals surface area contributed by atoms with Crippen molar-refractivity contribution >= 4 is 17.5 Å². The maximum absolute atomic E-state index is 11.8. The Kier molecular flexibility index (Phi) is 5.94. The number of allylic oxidation sites excluding steroid dienone is 1. The molecule has 0 aliphatic heterocycles. The van der Waals surface area contributed by atoms with Gasteiger partial charge < -0.3 is 9.47 Å². The quantitative estimate of drug-likeness (QED) is 0.475. The summed E-state index contributed by atoms with van der Waals surface area (Å²) in [5.41, 5.74) is 3.69. The lowest BCUT2D eigenvalue weighted by Gasteiger charge is -2.21. The van der Waals surface area contributed by atoms with Crippen molar-refractivity contribution in [3.8, 4) is 0 Å². The monoisotopic (exact) mass is 288 g/mol. The molecule has 0 N–H and O–H groups in total. The second-order valence-electron chi connectivity index (χ2n) is 4.86. The van der Waals surface area contributed by atoms with Crippen LogP contribution in [0.5, 0.6) is 0 Å². The summed E-state index contributed by atoms with van der Waals surface area (Å²) in [5.74, 6) is -1.24. The number of hydrogen-bond donors (Lipinski definition) is 0. The first-order chi connectivity index (χ1) is 9.95. The van der Waals surface area contributed by atoms with E-state index >= 15 is 0 Å². The van der Waals surface area contributed by atoms with E-state index in [1.165, 1.54) is 21.1 Å². The smallest absolute Gasteiger partial charge is 0.323 e. The van der Waals surface area contributed by atoms with Gasteiger partial charge in [-0.25, -0.2) is 0 Å². The summed E-state index contributed by atoms with van der Waals surface area (Å²) in [6.07, 6.45) is 1.83. The molecule has 4 heteroatoms. The molecule has 0 atom stereocenters. The van der Waals surface area contributed by atoms with Gasteiger partial charge in [-0.3, -0.25) is 9.59 Å². The van der Waals surface area contributed by atoms with Crippen LogP contribution in [0.3, 0.4) is 0 Å². The van der Waals surface area contributed by atoms with Crippen LogP contribution >= 0.6 is 0 Å². The Balaban J connectivity index is 2.99. The van der Waals surface area contributed by atoms with E-state index in [0.29, 0.717) is 0 Å². The maximum Gasteiger partial charge on any atom is 0.323 e. The van der Waals surface area contributed by atoms with Crippen molar-refractivity contribution in [2.24, 2.45) is 5.41 Å². The molecule has 1 rings (SSSR count). The molecule has 0 radical (unpaired) electrons. The van der Waals surface area contributed by atoms with E-state index in [2.05, 4.69) is 15.2 Å². The van der Waals surface area contributed by atoms with Gasteiger partial charge in [-0.05, 0) is 37.5 Å². The molecule has 0 heterocycles. The van der Waals surface area contributed by atoms with Crippen LogP contribution in [0.15, 0.2) is 42.1 Å². The van der Waals surface area contributed by atoms with E-state index in [9.17, 15) is 9.59 Å². The van der Waals surface area contributed by atoms with Crippen molar-refractivity contribution in [1.29, 1.82) is 0 Å². The third-order valence-corrected chi connectivity index (χ3v) is 3.31. The van der Waals surface area contributed by atoms with Gasteiger partial charge >= 0.3 is 11.9 Å². The summed E-state index contributed by atoms with van der Waals surface area (Å²) in [4.78, 5) is 23.6. The molecule has 0 amide bonds. The van der Waals surface area contributed by atoms with Gasteiger partial charge in [0.25, 0.3) is 0 Å². The first-order valence-electron chi connectivity index (χ1n) is 6.59. The second kappa shape index (κ2) is 7.46. The molecule has 21 heavy (non-hydrogen) atoms. The molecule has 0 bridgehead atoms. The summed E-state index contributed by atoms with van der Waals surface area (Å²) in [6.45, 7) is 3.42. The number of carbonyl (C=O) groups is 2. The fraction of sp³-hybridized carbons (Fsp3) is 0.353. The first-order valence-corrected chi connectivity index (χ1v) is 6.59. The van der Waals surface area contributed by atoms with Crippen molar-refractivity contribution in [1.82, 2.24) is 0 Å². The van der Waals surface area contributed by atoms with Gasteiger partial charge in [0.1, 0.15) is 0 Å². The zero-order valence-electron chi connectivity index (χ0n) is 12.8. The first kappa shape index (κ1) is 16.7. The molecular formula is C17H20O4. The molecule has 0 fully saturated rings. The molecular weight excluding hydrogens is 268 g/mol. The molecule has 0 aliphatic carbocycles. The van der Waals surface area contributed by atoms with Gasteiger partial charge in [0.05, 0.1) is 14.2 Å². The Bertz CT molecular complexity index is 550. The minimum Gasteiger partial charge on any atom is -0.468 e. The van der Waals surface area contributed by atoms with E-state index < -0.39 is 17.4 Å². The molecule has 1 aromatic rings. The third kappa shape index (κ3) is 4.07. The molecule has 0 spiro atoms. The lowest BCUT2D eigenvalue weighted by molar-refractivity contribution is -0.167. The van der Waals surface area contributed by atoms with Crippen LogP contribution in [0.4, 0.5) is 0 Å². The van der Waals surface area contributed by atoms with Crippen molar-refractivity contribution in [3.63, 3.8) is 0 Å². The van der Waals surface area contributed by atoms with Crippen LogP contribution in [0.25, 0.3) is 5.57 Å². The highest BCUT2D eigenvalue weighted by atomic mass is 16.5. The Morgan fingerprint density at radius 3 is 2.14 bits per heavy atom. The van der Waals surface area contributed by atoms with Crippen LogP contribution in [0.1, 0.15) is 25.8 Å². The average molecular weight is 288 g/mol. The lowest BCUT2D eigenvalue weighted by Crippen LogP contribution is -2.38. The highest BCUT2D eigenvalue weighted by molar-refractivity contribution is 5.99. The molecule has 0 aromatic heterocycles. The fourth-order valence-corrected chi connectivity index (χ4v) is 1.88. The summed E-state index contributed by atoms with van der Waals surface area (Å²) in [6, 6.07) is 9.75. The summed E-state index contributed by atoms with van der Waals surface area (Å²) in [7, 11) is 2.50. The number of carbonyl (C=O) groups excluding carboxylic acids is 2. The van der Waals surface area contributed by atoms with Gasteiger partial charge in [0, 0.05) is 0 Å². The third-order valence-electron chi connectivity index (χ3n) is 3.31. The van der Waals surface area contributed by atoms with Crippen molar-refractivity contribution < 1.29 is 19.1 Å². The van der Waals surface area contributed by atoms with Crippen molar-refractivity contribution in [3.05, 3.63) is 47.7 Å². The van der Waals surface area contributed by atoms with Gasteiger partial charge in [-0.1, -0.05) is 30.3 Å². The highest BCUT2D eigenvalue weighted by Gasteiger charge is 2.42. The zero-order chi connectivity index (χ0) is 15.9. The molecule has 4 nitrogen and oxygen atoms in total. The van der Waals surface area contributed by atoms with Gasteiger partial charge in [0.2, 0.25) is 0 Å². The van der Waals surface area contributed by atoms with Crippen LogP contribution < -0.4 is 0 Å². The fourth-order valence-electron chi connectivity index (χ4n) is 1.88. The largest absolute Gasteiger partial charge is 0.468 e. The number of rotatable bonds is 5. The zero-order valence-corrected chi connectivity index (χ0v) is 12.8. The van der Waals surface area contributed by atoms with Crippen LogP contribution in [-0.4, -0.2) is 26.2 Å². The highest BCUT2D eigenvalue weighted by Crippen LogP contribution is 2.26. The molecule has 0 unspecified atom stereocenters. The molecule has 1 aromatic carbocycles. The molecule has 0 saturated carbocycles. The van der Waals surface area contributed by atoms with E-state index in [0.717, 1.165) is 11.1 Å². The van der Waals surface area contributed by atoms with Gasteiger partial charge in [0.15, 0.2) is 5.41 Å². The average Bonchev–Trinajstić information content (AvgIpc) is 2.53. The Morgan fingerprint density at radius 2 is 1.67 bits per heavy atom. The van der Waals surface area contributed by atoms with Crippen LogP contribution in [0.2, 0.25) is 0 Å². The standard InChI is InChI=1S/C17H20O4/c1-13(14-10-6-5-7-11-14)9-8-12-17(2,15(18)20-3)16(19)21-4/h5-8,10-11H,12H2,1-4H3. The second-order valence-corrected chi connectivity index (χ2v) is 4.86. The van der Waals surface area contributed by atoms with Crippen molar-refractivity contribution in [2.45, 2.75) is 20.3 Å². The molecule has 112 valence electrons. The maximum atomic E-state index is 11.8. The molecule has 0 saturated heterocycles. The van der Waals surface area contributed by atoms with Crippen molar-refractivity contribution in [2.75, 3.05) is 14.2 Å². The van der Waals surface area contributed by atoms with Crippen LogP contribution in [0, 0.1) is 5.41 Å². The molecule has 0 aliphatic rings. The van der Waals surface area contributed by atoms with Gasteiger partial charge in [-0.2, -0.15) is 0 Å². The predicted octanol–water partition coefficient (Wildman–Crippen LogP) is 2.99. The SMILES string of the molecule is COC(=O)C(C)(CC=C=C(C)c1ccccc1)C(=O)OC. The normalized spacial score (nSPS) is 10.3. The minimum atomic E-state index is -1.35. The summed E-state index contributed by atoms with van der Waals surface area (Å²) in [5, 5.41) is 0. The van der Waals surface area contributed by atoms with E-state index in [4.69, 9.17) is 0 Å². The number of hydrogen-bond acceptors (Lipinski definition) is 4.